The van der Waals surface area contributed by atoms with Crippen molar-refractivity contribution in [3.63, 3.8) is 0 Å². The first kappa shape index (κ1) is 43.3. The summed E-state index contributed by atoms with van der Waals surface area (Å²) in [4.78, 5) is 0. The van der Waals surface area contributed by atoms with Gasteiger partial charge in [0.25, 0.3) is 0 Å². The van der Waals surface area contributed by atoms with Crippen LogP contribution in [0.5, 0.6) is 0 Å². The van der Waals surface area contributed by atoms with Crippen LogP contribution in [0, 0.1) is 54.8 Å². The van der Waals surface area contributed by atoms with Crippen molar-refractivity contribution >= 4 is 0 Å². The molecule has 0 nitrogen and oxygen atoms in total. The molecule has 4 atom stereocenters. The van der Waals surface area contributed by atoms with E-state index in [2.05, 4.69) is 41.5 Å². The number of fused-ring (bicyclic) bond motifs is 2. The molecular formula is C32H66Y2-2. The average Bonchev–Trinajstić information content (AvgIpc) is 2.75. The van der Waals surface area contributed by atoms with Crippen molar-refractivity contribution in [2.24, 2.45) is 39.9 Å². The molecular weight excluding hydrogens is 562 g/mol. The van der Waals surface area contributed by atoms with Crippen LogP contribution >= 0.6 is 0 Å². The summed E-state index contributed by atoms with van der Waals surface area (Å²) in [7, 11) is 0. The van der Waals surface area contributed by atoms with Crippen LogP contribution in [0.1, 0.15) is 153 Å². The fourth-order valence-electron chi connectivity index (χ4n) is 7.60. The van der Waals surface area contributed by atoms with Crippen LogP contribution in [0.25, 0.3) is 0 Å². The molecule has 0 spiro atoms. The van der Waals surface area contributed by atoms with Crippen LogP contribution in [0.4, 0.5) is 0 Å². The summed E-state index contributed by atoms with van der Waals surface area (Å²) in [6, 6.07) is 0. The summed E-state index contributed by atoms with van der Waals surface area (Å²) in [5.74, 6) is 4.20. The van der Waals surface area contributed by atoms with E-state index in [-0.39, 0.29) is 80.3 Å². The Balaban J connectivity index is -0.000000211. The van der Waals surface area contributed by atoms with Gasteiger partial charge in [0.1, 0.15) is 0 Å². The van der Waals surface area contributed by atoms with E-state index >= 15 is 0 Å². The van der Waals surface area contributed by atoms with Crippen LogP contribution in [0.15, 0.2) is 0 Å². The molecule has 4 aliphatic carbocycles. The van der Waals surface area contributed by atoms with Gasteiger partial charge >= 0.3 is 0 Å². The molecule has 0 bridgehead atoms. The van der Waals surface area contributed by atoms with Gasteiger partial charge in [-0.3, -0.25) is 0 Å². The smallest absolute Gasteiger partial charge is 0 e. The Morgan fingerprint density at radius 3 is 1.09 bits per heavy atom. The Kier molecular flexibility index (Phi) is 25.7. The van der Waals surface area contributed by atoms with Gasteiger partial charge in [0.05, 0.1) is 0 Å². The van der Waals surface area contributed by atoms with E-state index in [0.717, 1.165) is 23.7 Å². The zero-order valence-electron chi connectivity index (χ0n) is 26.2. The molecule has 0 aromatic rings. The van der Waals surface area contributed by atoms with E-state index in [0.29, 0.717) is 16.2 Å². The van der Waals surface area contributed by atoms with Crippen molar-refractivity contribution in [2.45, 2.75) is 153 Å². The van der Waals surface area contributed by atoms with Crippen LogP contribution in [0.2, 0.25) is 0 Å². The van der Waals surface area contributed by atoms with Crippen molar-refractivity contribution in [3.05, 3.63) is 14.9 Å². The zero-order chi connectivity index (χ0) is 23.0. The third kappa shape index (κ3) is 11.9. The zero-order valence-corrected chi connectivity index (χ0v) is 31.8. The maximum absolute atomic E-state index is 2.51. The first-order valence-corrected chi connectivity index (χ1v) is 14.1. The van der Waals surface area contributed by atoms with Gasteiger partial charge in [-0.15, -0.1) is 0 Å². The van der Waals surface area contributed by atoms with Crippen LogP contribution in [0.3, 0.4) is 0 Å². The fraction of sp³-hybridized carbons (Fsp3) is 0.938. The molecule has 0 amide bonds. The predicted octanol–water partition coefficient (Wildman–Crippen LogP) is 11.6. The fourth-order valence-corrected chi connectivity index (χ4v) is 7.60. The van der Waals surface area contributed by atoms with E-state index in [4.69, 9.17) is 0 Å². The second kappa shape index (κ2) is 20.2. The molecule has 4 fully saturated rings. The van der Waals surface area contributed by atoms with Gasteiger partial charge in [-0.25, -0.2) is 0 Å². The van der Waals surface area contributed by atoms with Gasteiger partial charge in [-0.2, -0.15) is 0 Å². The Hall–Kier alpha value is 2.21. The quantitative estimate of drug-likeness (QED) is 0.234. The van der Waals surface area contributed by atoms with E-state index in [1.807, 2.05) is 27.7 Å². The van der Waals surface area contributed by atoms with Gasteiger partial charge in [0, 0.05) is 65.4 Å². The molecule has 4 unspecified atom stereocenters. The molecule has 34 heavy (non-hydrogen) atoms. The minimum absolute atomic E-state index is 0. The summed E-state index contributed by atoms with van der Waals surface area (Å²) in [5, 5.41) is 0. The number of hydrogen-bond donors (Lipinski definition) is 0. The molecule has 2 radical (unpaired) electrons. The molecule has 0 heterocycles. The normalized spacial score (nSPS) is 31.2. The molecule has 202 valence electrons. The van der Waals surface area contributed by atoms with Gasteiger partial charge in [0.2, 0.25) is 0 Å². The largest absolute Gasteiger partial charge is 0.358 e. The molecule has 0 aliphatic heterocycles. The molecule has 0 aromatic heterocycles. The SMILES string of the molecule is CC.CC.CC1(C)CCC(C)(C)C2CCCCC21.CC1(C)CCCC2CCCCC21.[CH3-].[CH3-].[Y].[Y]. The monoisotopic (exact) mass is 628 g/mol. The molecule has 4 aliphatic rings. The Morgan fingerprint density at radius 1 is 0.412 bits per heavy atom. The first-order valence-electron chi connectivity index (χ1n) is 14.1. The van der Waals surface area contributed by atoms with Crippen molar-refractivity contribution in [2.75, 3.05) is 0 Å². The van der Waals surface area contributed by atoms with Gasteiger partial charge in [-0.05, 0) is 78.4 Å². The predicted molar refractivity (Wildman–Crippen MR) is 151 cm³/mol. The Morgan fingerprint density at radius 2 is 0.706 bits per heavy atom. The third-order valence-corrected chi connectivity index (χ3v) is 9.50. The Bertz CT molecular complexity index is 440. The number of hydrogen-bond acceptors (Lipinski definition) is 0. The minimum Gasteiger partial charge on any atom is -0.358 e. The number of rotatable bonds is 0. The molecule has 2 heteroatoms. The van der Waals surface area contributed by atoms with Crippen molar-refractivity contribution in [1.82, 2.24) is 0 Å². The topological polar surface area (TPSA) is 0 Å². The molecule has 4 rings (SSSR count). The van der Waals surface area contributed by atoms with Crippen molar-refractivity contribution in [3.8, 4) is 0 Å². The average molecular weight is 629 g/mol. The second-order valence-electron chi connectivity index (χ2n) is 12.5. The van der Waals surface area contributed by atoms with E-state index in [1.165, 1.54) is 83.5 Å². The molecule has 0 saturated heterocycles. The van der Waals surface area contributed by atoms with Gasteiger partial charge in [-0.1, -0.05) is 114 Å². The summed E-state index contributed by atoms with van der Waals surface area (Å²) < 4.78 is 0. The molecule has 0 N–H and O–H groups in total. The van der Waals surface area contributed by atoms with Crippen LogP contribution in [-0.2, 0) is 65.4 Å². The van der Waals surface area contributed by atoms with Crippen molar-refractivity contribution < 1.29 is 65.4 Å². The van der Waals surface area contributed by atoms with Crippen LogP contribution < -0.4 is 0 Å². The summed E-state index contributed by atoms with van der Waals surface area (Å²) >= 11 is 0. The maximum atomic E-state index is 2.51. The van der Waals surface area contributed by atoms with Gasteiger partial charge in [0.15, 0.2) is 0 Å². The molecule has 4 saturated carbocycles. The summed E-state index contributed by atoms with van der Waals surface area (Å²) in [5.41, 5.74) is 1.92. The van der Waals surface area contributed by atoms with E-state index in [9.17, 15) is 0 Å². The summed E-state index contributed by atoms with van der Waals surface area (Å²) in [6.07, 6.45) is 19.5. The Labute approximate surface area is 270 Å². The van der Waals surface area contributed by atoms with Gasteiger partial charge < -0.3 is 14.9 Å². The van der Waals surface area contributed by atoms with E-state index < -0.39 is 0 Å². The van der Waals surface area contributed by atoms with Crippen LogP contribution in [-0.4, -0.2) is 0 Å². The standard InChI is InChI=1S/C14H26.C12H22.2C2H6.2CH3.2Y/c1-13(2)9-10-14(3,4)12-8-6-5-7-11(12)13;1-12(2)9-5-7-10-6-3-4-8-11(10)12;2*1-2;;;;/h11-12H,5-10H2,1-4H3;10-11H,3-9H2,1-2H3;2*1-2H3;2*1H3;;/q;;;;2*-1;;. The third-order valence-electron chi connectivity index (χ3n) is 9.50. The first-order chi connectivity index (χ1) is 14.1. The summed E-state index contributed by atoms with van der Waals surface area (Å²) in [6.45, 7) is 23.0. The van der Waals surface area contributed by atoms with Crippen molar-refractivity contribution in [1.29, 1.82) is 0 Å². The van der Waals surface area contributed by atoms with E-state index in [1.54, 1.807) is 0 Å². The molecule has 0 aromatic carbocycles. The maximum Gasteiger partial charge on any atom is 0 e. The minimum atomic E-state index is 0. The second-order valence-corrected chi connectivity index (χ2v) is 12.5.